The summed E-state index contributed by atoms with van der Waals surface area (Å²) < 4.78 is 0. The SMILES string of the molecule is CCCCN(CC)Cc1c[c-]ccc1.[Br-].[Mg+2]. The molecule has 0 saturated heterocycles. The number of benzene rings is 1. The van der Waals surface area contributed by atoms with Crippen LogP contribution in [0.15, 0.2) is 24.3 Å². The van der Waals surface area contributed by atoms with Crippen LogP contribution in [0.5, 0.6) is 0 Å². The maximum absolute atomic E-state index is 3.12. The van der Waals surface area contributed by atoms with Crippen LogP contribution in [0.25, 0.3) is 0 Å². The Morgan fingerprint density at radius 1 is 1.31 bits per heavy atom. The van der Waals surface area contributed by atoms with Gasteiger partial charge in [0.1, 0.15) is 0 Å². The third kappa shape index (κ3) is 7.66. The molecule has 1 nitrogen and oxygen atoms in total. The van der Waals surface area contributed by atoms with E-state index in [2.05, 4.69) is 43.0 Å². The zero-order valence-corrected chi connectivity index (χ0v) is 13.4. The number of nitrogens with zero attached hydrogens (tertiary/aromatic N) is 1. The van der Waals surface area contributed by atoms with Crippen molar-refractivity contribution < 1.29 is 17.0 Å². The van der Waals surface area contributed by atoms with Crippen molar-refractivity contribution in [3.05, 3.63) is 35.9 Å². The quantitative estimate of drug-likeness (QED) is 0.516. The number of unbranched alkanes of at least 4 members (excludes halogenated alkanes) is 1. The Balaban J connectivity index is 0. The molecule has 0 heterocycles. The van der Waals surface area contributed by atoms with E-state index in [0.717, 1.165) is 13.1 Å². The molecule has 0 fully saturated rings. The Labute approximate surface area is 127 Å². The topological polar surface area (TPSA) is 3.24 Å². The van der Waals surface area contributed by atoms with E-state index in [1.54, 1.807) is 0 Å². The van der Waals surface area contributed by atoms with E-state index in [0.29, 0.717) is 0 Å². The molecule has 0 unspecified atom stereocenters. The van der Waals surface area contributed by atoms with Gasteiger partial charge >= 0.3 is 23.1 Å². The summed E-state index contributed by atoms with van der Waals surface area (Å²) in [5.41, 5.74) is 1.37. The largest absolute Gasteiger partial charge is 2.00 e. The Kier molecular flexibility index (Phi) is 14.0. The third-order valence-electron chi connectivity index (χ3n) is 2.45. The fourth-order valence-electron chi connectivity index (χ4n) is 1.52. The molecule has 0 spiro atoms. The van der Waals surface area contributed by atoms with Crippen LogP contribution < -0.4 is 17.0 Å². The van der Waals surface area contributed by atoms with Crippen molar-refractivity contribution in [3.63, 3.8) is 0 Å². The molecular formula is C13H20BrMgN. The number of halogens is 1. The maximum Gasteiger partial charge on any atom is 2.00 e. The van der Waals surface area contributed by atoms with Crippen LogP contribution in [-0.2, 0) is 6.54 Å². The average molecular weight is 295 g/mol. The maximum atomic E-state index is 3.12. The molecule has 1 aromatic rings. The van der Waals surface area contributed by atoms with Crippen molar-refractivity contribution in [3.8, 4) is 0 Å². The second-order valence-electron chi connectivity index (χ2n) is 3.63. The van der Waals surface area contributed by atoms with Crippen LogP contribution in [0.2, 0.25) is 0 Å². The zero-order valence-electron chi connectivity index (χ0n) is 10.4. The Morgan fingerprint density at radius 3 is 2.56 bits per heavy atom. The van der Waals surface area contributed by atoms with Gasteiger partial charge in [-0.05, 0) is 26.1 Å². The van der Waals surface area contributed by atoms with Crippen molar-refractivity contribution in [2.75, 3.05) is 13.1 Å². The van der Waals surface area contributed by atoms with Crippen LogP contribution in [0.4, 0.5) is 0 Å². The second kappa shape index (κ2) is 11.9. The molecule has 0 atom stereocenters. The summed E-state index contributed by atoms with van der Waals surface area (Å²) in [4.78, 5) is 2.48. The minimum atomic E-state index is 0. The van der Waals surface area contributed by atoms with Crippen molar-refractivity contribution >= 4 is 23.1 Å². The van der Waals surface area contributed by atoms with Crippen LogP contribution in [0.3, 0.4) is 0 Å². The van der Waals surface area contributed by atoms with Gasteiger partial charge in [-0.3, -0.25) is 0 Å². The molecule has 0 amide bonds. The van der Waals surface area contributed by atoms with Gasteiger partial charge in [-0.15, -0.1) is 5.56 Å². The van der Waals surface area contributed by atoms with Gasteiger partial charge in [-0.25, -0.2) is 0 Å². The van der Waals surface area contributed by atoms with E-state index in [-0.39, 0.29) is 40.0 Å². The third-order valence-corrected chi connectivity index (χ3v) is 2.45. The average Bonchev–Trinajstić information content (AvgIpc) is 2.25. The molecular weight excluding hydrogens is 274 g/mol. The molecule has 3 heteroatoms. The van der Waals surface area contributed by atoms with Gasteiger partial charge < -0.3 is 21.9 Å². The zero-order chi connectivity index (χ0) is 10.2. The van der Waals surface area contributed by atoms with Crippen molar-refractivity contribution in [1.82, 2.24) is 4.90 Å². The van der Waals surface area contributed by atoms with E-state index in [9.17, 15) is 0 Å². The summed E-state index contributed by atoms with van der Waals surface area (Å²) in [7, 11) is 0. The molecule has 0 radical (unpaired) electrons. The minimum absolute atomic E-state index is 0. The number of rotatable bonds is 6. The van der Waals surface area contributed by atoms with E-state index < -0.39 is 0 Å². The first-order chi connectivity index (χ1) is 6.86. The molecule has 0 bridgehead atoms. The molecule has 0 N–H and O–H groups in total. The molecule has 1 rings (SSSR count). The van der Waals surface area contributed by atoms with Gasteiger partial charge in [0.05, 0.1) is 0 Å². The van der Waals surface area contributed by atoms with Crippen molar-refractivity contribution in [2.45, 2.75) is 33.2 Å². The molecule has 0 aromatic heterocycles. The Morgan fingerprint density at radius 2 is 2.06 bits per heavy atom. The van der Waals surface area contributed by atoms with E-state index >= 15 is 0 Å². The fraction of sp³-hybridized carbons (Fsp3) is 0.538. The summed E-state index contributed by atoms with van der Waals surface area (Å²) >= 11 is 0. The van der Waals surface area contributed by atoms with Gasteiger partial charge in [0.2, 0.25) is 0 Å². The minimum Gasteiger partial charge on any atom is -1.00 e. The monoisotopic (exact) mass is 293 g/mol. The van der Waals surface area contributed by atoms with Crippen LogP contribution >= 0.6 is 0 Å². The van der Waals surface area contributed by atoms with Crippen molar-refractivity contribution in [1.29, 1.82) is 0 Å². The molecule has 0 aliphatic carbocycles. The summed E-state index contributed by atoms with van der Waals surface area (Å²) in [6.45, 7) is 7.87. The van der Waals surface area contributed by atoms with Gasteiger partial charge in [0.15, 0.2) is 0 Å². The van der Waals surface area contributed by atoms with Gasteiger partial charge in [0.25, 0.3) is 0 Å². The van der Waals surface area contributed by atoms with Gasteiger partial charge in [-0.1, -0.05) is 20.3 Å². The first-order valence-corrected chi connectivity index (χ1v) is 5.54. The normalized spacial score (nSPS) is 9.44. The number of hydrogen-bond donors (Lipinski definition) is 0. The smallest absolute Gasteiger partial charge is 1.00 e. The summed E-state index contributed by atoms with van der Waals surface area (Å²) in [5.74, 6) is 0. The molecule has 16 heavy (non-hydrogen) atoms. The second-order valence-corrected chi connectivity index (χ2v) is 3.63. The molecule has 86 valence electrons. The Hall–Kier alpha value is 0.426. The number of hydrogen-bond acceptors (Lipinski definition) is 1. The first kappa shape index (κ1) is 18.8. The molecule has 1 aromatic carbocycles. The summed E-state index contributed by atoms with van der Waals surface area (Å²) in [6.07, 6.45) is 2.57. The van der Waals surface area contributed by atoms with E-state index in [1.807, 2.05) is 6.07 Å². The molecule has 0 aliphatic rings. The standard InChI is InChI=1S/C13H20N.BrH.Mg/c1-3-5-11-14(4-2)12-13-9-7-6-8-10-13;;/h6-7,9-10H,3-5,11-12H2,1-2H3;1H;/q-1;;+2/p-1. The van der Waals surface area contributed by atoms with E-state index in [4.69, 9.17) is 0 Å². The van der Waals surface area contributed by atoms with Gasteiger partial charge in [-0.2, -0.15) is 30.3 Å². The fourth-order valence-corrected chi connectivity index (χ4v) is 1.52. The molecule has 0 saturated carbocycles. The first-order valence-electron chi connectivity index (χ1n) is 5.54. The predicted molar refractivity (Wildman–Crippen MR) is 66.9 cm³/mol. The summed E-state index contributed by atoms with van der Waals surface area (Å²) in [6, 6.07) is 11.4. The van der Waals surface area contributed by atoms with E-state index in [1.165, 1.54) is 24.9 Å². The van der Waals surface area contributed by atoms with Crippen LogP contribution in [0, 0.1) is 6.07 Å². The summed E-state index contributed by atoms with van der Waals surface area (Å²) in [5, 5.41) is 0. The van der Waals surface area contributed by atoms with Crippen molar-refractivity contribution in [2.24, 2.45) is 0 Å². The predicted octanol–water partition coefficient (Wildman–Crippen LogP) is -0.268. The Bertz CT molecular complexity index is 241. The molecule has 0 aliphatic heterocycles. The van der Waals surface area contributed by atoms with Gasteiger partial charge in [0, 0.05) is 0 Å². The van der Waals surface area contributed by atoms with Crippen LogP contribution in [-0.4, -0.2) is 41.0 Å². The van der Waals surface area contributed by atoms with Crippen LogP contribution in [0.1, 0.15) is 32.3 Å².